The second-order valence-electron chi connectivity index (χ2n) is 10.0. The molecule has 0 aromatic heterocycles. The molecule has 0 bridgehead atoms. The number of hydrogen-bond donors (Lipinski definition) is 2. The standard InChI is InChI=1S/C27H31N3O7S/c1-27(2)13-18-23(19(31)14-27)22(15-6-11-20(35-3)21(12-15)36-4)24(26(32)37-5)25(28)30(18)16-7-9-17(10-8-16)38(29,33)34/h6-12,22H,13-14,28H2,1-5H3,(H2,29,33,34). The number of sulfonamides is 1. The van der Waals surface area contributed by atoms with Crippen LogP contribution in [0, 0.1) is 5.41 Å². The maximum atomic E-state index is 13.8. The molecule has 202 valence electrons. The van der Waals surface area contributed by atoms with Crippen LogP contribution in [0.2, 0.25) is 0 Å². The van der Waals surface area contributed by atoms with Crippen LogP contribution in [0.1, 0.15) is 38.2 Å². The Balaban J connectivity index is 2.02. The number of nitrogens with two attached hydrogens (primary N) is 2. The first kappa shape index (κ1) is 27.2. The highest BCUT2D eigenvalue weighted by Gasteiger charge is 2.46. The molecule has 2 aromatic rings. The summed E-state index contributed by atoms with van der Waals surface area (Å²) in [5.41, 5.74) is 8.53. The molecule has 4 rings (SSSR count). The van der Waals surface area contributed by atoms with Gasteiger partial charge in [-0.3, -0.25) is 9.69 Å². The highest BCUT2D eigenvalue weighted by Crippen LogP contribution is 2.51. The van der Waals surface area contributed by atoms with E-state index in [1.165, 1.54) is 45.6 Å². The van der Waals surface area contributed by atoms with Crippen LogP contribution in [-0.2, 0) is 24.3 Å². The monoisotopic (exact) mass is 541 g/mol. The van der Waals surface area contributed by atoms with Crippen molar-refractivity contribution in [1.29, 1.82) is 0 Å². The van der Waals surface area contributed by atoms with E-state index in [0.717, 1.165) is 0 Å². The summed E-state index contributed by atoms with van der Waals surface area (Å²) >= 11 is 0. The van der Waals surface area contributed by atoms with Crippen molar-refractivity contribution in [3.63, 3.8) is 0 Å². The largest absolute Gasteiger partial charge is 0.493 e. The number of hydrogen-bond acceptors (Lipinski definition) is 9. The van der Waals surface area contributed by atoms with Crippen LogP contribution >= 0.6 is 0 Å². The molecule has 2 aromatic carbocycles. The Morgan fingerprint density at radius 3 is 2.18 bits per heavy atom. The van der Waals surface area contributed by atoms with Gasteiger partial charge in [0.2, 0.25) is 10.0 Å². The van der Waals surface area contributed by atoms with Gasteiger partial charge in [0.25, 0.3) is 0 Å². The van der Waals surface area contributed by atoms with E-state index in [1.807, 2.05) is 13.8 Å². The second kappa shape index (κ2) is 9.80. The number of benzene rings is 2. The highest BCUT2D eigenvalue weighted by molar-refractivity contribution is 7.89. The van der Waals surface area contributed by atoms with Gasteiger partial charge in [0, 0.05) is 23.4 Å². The predicted octanol–water partition coefficient (Wildman–Crippen LogP) is 2.94. The van der Waals surface area contributed by atoms with Crippen molar-refractivity contribution >= 4 is 27.5 Å². The van der Waals surface area contributed by atoms with E-state index in [9.17, 15) is 18.0 Å². The zero-order valence-electron chi connectivity index (χ0n) is 21.9. The van der Waals surface area contributed by atoms with E-state index in [2.05, 4.69) is 0 Å². The number of anilines is 1. The first-order valence-corrected chi connectivity index (χ1v) is 13.4. The van der Waals surface area contributed by atoms with E-state index in [1.54, 1.807) is 23.1 Å². The van der Waals surface area contributed by atoms with Crippen molar-refractivity contribution in [2.45, 2.75) is 37.5 Å². The van der Waals surface area contributed by atoms with Crippen LogP contribution in [0.25, 0.3) is 0 Å². The lowest BCUT2D eigenvalue weighted by Gasteiger charge is -2.44. The number of rotatable bonds is 6. The highest BCUT2D eigenvalue weighted by atomic mass is 32.2. The third-order valence-electron chi connectivity index (χ3n) is 6.83. The molecule has 0 radical (unpaired) electrons. The van der Waals surface area contributed by atoms with Gasteiger partial charge in [-0.2, -0.15) is 0 Å². The number of Topliss-reactive ketones (excluding diaryl/α,β-unsaturated/α-hetero) is 1. The molecule has 38 heavy (non-hydrogen) atoms. The first-order valence-electron chi connectivity index (χ1n) is 11.8. The molecular formula is C27H31N3O7S. The van der Waals surface area contributed by atoms with Crippen molar-refractivity contribution in [2.75, 3.05) is 26.2 Å². The quantitative estimate of drug-likeness (QED) is 0.526. The van der Waals surface area contributed by atoms with Crippen molar-refractivity contribution in [3.8, 4) is 11.5 Å². The van der Waals surface area contributed by atoms with Gasteiger partial charge < -0.3 is 19.9 Å². The first-order chi connectivity index (χ1) is 17.8. The fourth-order valence-corrected chi connectivity index (χ4v) is 5.68. The number of ketones is 1. The number of allylic oxidation sites excluding steroid dienone is 2. The predicted molar refractivity (Wildman–Crippen MR) is 141 cm³/mol. The molecule has 0 fully saturated rings. The molecule has 11 heteroatoms. The maximum Gasteiger partial charge on any atom is 0.338 e. The Labute approximate surface area is 221 Å². The van der Waals surface area contributed by atoms with Gasteiger partial charge in [-0.15, -0.1) is 0 Å². The lowest BCUT2D eigenvalue weighted by molar-refractivity contribution is -0.136. The van der Waals surface area contributed by atoms with E-state index < -0.39 is 21.9 Å². The molecule has 1 heterocycles. The van der Waals surface area contributed by atoms with E-state index in [4.69, 9.17) is 25.1 Å². The van der Waals surface area contributed by atoms with Crippen molar-refractivity contribution in [1.82, 2.24) is 0 Å². The SMILES string of the molecule is COC(=O)C1=C(N)N(c2ccc(S(N)(=O)=O)cc2)C2=C(C(=O)CC(C)(C)C2)C1c1ccc(OC)c(OC)c1. The molecule has 0 amide bonds. The Morgan fingerprint density at radius 2 is 1.63 bits per heavy atom. The summed E-state index contributed by atoms with van der Waals surface area (Å²) in [5, 5.41) is 5.27. The number of carbonyl (C=O) groups is 2. The van der Waals surface area contributed by atoms with Gasteiger partial charge >= 0.3 is 5.97 Å². The number of methoxy groups -OCH3 is 3. The molecular weight excluding hydrogens is 510 g/mol. The van der Waals surface area contributed by atoms with Crippen molar-refractivity contribution in [3.05, 3.63) is 70.7 Å². The molecule has 1 unspecified atom stereocenters. The van der Waals surface area contributed by atoms with Gasteiger partial charge in [-0.25, -0.2) is 18.4 Å². The van der Waals surface area contributed by atoms with E-state index in [0.29, 0.717) is 40.4 Å². The average Bonchev–Trinajstić information content (AvgIpc) is 2.86. The summed E-state index contributed by atoms with van der Waals surface area (Å²) in [6.45, 7) is 3.97. The number of esters is 1. The molecule has 1 atom stereocenters. The van der Waals surface area contributed by atoms with Crippen LogP contribution < -0.4 is 25.2 Å². The van der Waals surface area contributed by atoms with E-state index >= 15 is 0 Å². The Morgan fingerprint density at radius 1 is 1.00 bits per heavy atom. The number of carbonyl (C=O) groups excluding carboxylic acids is 2. The number of nitrogens with zero attached hydrogens (tertiary/aromatic N) is 1. The summed E-state index contributed by atoms with van der Waals surface area (Å²) in [6.07, 6.45) is 0.742. The maximum absolute atomic E-state index is 13.8. The summed E-state index contributed by atoms with van der Waals surface area (Å²) in [4.78, 5) is 28.6. The number of primary sulfonamides is 1. The molecule has 1 aliphatic carbocycles. The van der Waals surface area contributed by atoms with Crippen LogP contribution in [0.15, 0.2) is 70.0 Å². The zero-order valence-corrected chi connectivity index (χ0v) is 22.7. The summed E-state index contributed by atoms with van der Waals surface area (Å²) in [6, 6.07) is 11.0. The lowest BCUT2D eigenvalue weighted by Crippen LogP contribution is -2.43. The van der Waals surface area contributed by atoms with Gasteiger partial charge in [0.1, 0.15) is 5.82 Å². The van der Waals surface area contributed by atoms with Crippen LogP contribution in [0.4, 0.5) is 5.69 Å². The van der Waals surface area contributed by atoms with E-state index in [-0.39, 0.29) is 33.9 Å². The van der Waals surface area contributed by atoms with Crippen molar-refractivity contribution < 1.29 is 32.2 Å². The minimum atomic E-state index is -3.92. The molecule has 10 nitrogen and oxygen atoms in total. The lowest BCUT2D eigenvalue weighted by atomic mass is 9.68. The van der Waals surface area contributed by atoms with Gasteiger partial charge in [0.15, 0.2) is 17.3 Å². The molecule has 2 aliphatic rings. The smallest absolute Gasteiger partial charge is 0.338 e. The molecule has 4 N–H and O–H groups in total. The van der Waals surface area contributed by atoms with Gasteiger partial charge in [-0.1, -0.05) is 19.9 Å². The molecule has 0 saturated heterocycles. The van der Waals surface area contributed by atoms with Gasteiger partial charge in [0.05, 0.1) is 37.7 Å². The summed E-state index contributed by atoms with van der Waals surface area (Å²) < 4.78 is 39.6. The normalized spacial score (nSPS) is 19.3. The summed E-state index contributed by atoms with van der Waals surface area (Å²) in [7, 11) is 0.337. The van der Waals surface area contributed by atoms with Crippen LogP contribution in [-0.4, -0.2) is 41.5 Å². The van der Waals surface area contributed by atoms with Crippen LogP contribution in [0.3, 0.4) is 0 Å². The summed E-state index contributed by atoms with van der Waals surface area (Å²) in [5.74, 6) is -0.649. The minimum Gasteiger partial charge on any atom is -0.493 e. The van der Waals surface area contributed by atoms with Gasteiger partial charge in [-0.05, 0) is 53.8 Å². The third-order valence-corrected chi connectivity index (χ3v) is 7.76. The number of ether oxygens (including phenoxy) is 3. The molecule has 0 saturated carbocycles. The third kappa shape index (κ3) is 4.74. The Kier molecular flexibility index (Phi) is 7.02. The fourth-order valence-electron chi connectivity index (χ4n) is 5.16. The Bertz CT molecular complexity index is 1470. The molecule has 0 spiro atoms. The van der Waals surface area contributed by atoms with Crippen LogP contribution in [0.5, 0.6) is 11.5 Å². The second-order valence-corrected chi connectivity index (χ2v) is 11.6. The zero-order chi connectivity index (χ0) is 28.0. The topological polar surface area (TPSA) is 151 Å². The molecule has 1 aliphatic heterocycles. The fraction of sp³-hybridized carbons (Fsp3) is 0.333. The average molecular weight is 542 g/mol. The van der Waals surface area contributed by atoms with Crippen molar-refractivity contribution in [2.24, 2.45) is 16.3 Å². The Hall–Kier alpha value is -3.83. The minimum absolute atomic E-state index is 0.0734.